The Bertz CT molecular complexity index is 856. The second kappa shape index (κ2) is 8.01. The highest BCUT2D eigenvalue weighted by atomic mass is 32.2. The molecule has 0 aliphatic carbocycles. The Morgan fingerprint density at radius 2 is 1.58 bits per heavy atom. The summed E-state index contributed by atoms with van der Waals surface area (Å²) in [4.78, 5) is 28.9. The molecule has 0 radical (unpaired) electrons. The van der Waals surface area contributed by atoms with Gasteiger partial charge in [0.15, 0.2) is 9.84 Å². The number of hydrogen-bond donors (Lipinski definition) is 0. The van der Waals surface area contributed by atoms with Crippen LogP contribution in [0.25, 0.3) is 0 Å². The summed E-state index contributed by atoms with van der Waals surface area (Å²) in [6.45, 7) is 1.80. The highest BCUT2D eigenvalue weighted by molar-refractivity contribution is 7.91. The van der Waals surface area contributed by atoms with Gasteiger partial charge in [-0.05, 0) is 23.6 Å². The van der Waals surface area contributed by atoms with Crippen molar-refractivity contribution < 1.29 is 18.0 Å². The minimum atomic E-state index is -3.46. The number of benzene rings is 1. The molecular weight excluding hydrogens is 372 g/mol. The molecule has 3 rings (SSSR count). The minimum Gasteiger partial charge on any atom is -0.339 e. The van der Waals surface area contributed by atoms with Gasteiger partial charge in [-0.3, -0.25) is 9.59 Å². The van der Waals surface area contributed by atoms with Gasteiger partial charge in [0.05, 0.1) is 15.5 Å². The second-order valence-electron chi connectivity index (χ2n) is 6.03. The van der Waals surface area contributed by atoms with Crippen LogP contribution in [0, 0.1) is 0 Å². The second-order valence-corrected chi connectivity index (χ2v) is 9.09. The van der Waals surface area contributed by atoms with E-state index in [0.29, 0.717) is 31.1 Å². The molecule has 6 nitrogen and oxygen atoms in total. The summed E-state index contributed by atoms with van der Waals surface area (Å²) in [5, 5.41) is 1.86. The van der Waals surface area contributed by atoms with Crippen LogP contribution in [0.2, 0.25) is 0 Å². The van der Waals surface area contributed by atoms with Crippen molar-refractivity contribution in [2.24, 2.45) is 0 Å². The van der Waals surface area contributed by atoms with Crippen LogP contribution in [0.4, 0.5) is 0 Å². The Morgan fingerprint density at radius 3 is 2.19 bits per heavy atom. The summed E-state index contributed by atoms with van der Waals surface area (Å²) in [7, 11) is -3.46. The van der Waals surface area contributed by atoms with E-state index in [1.165, 1.54) is 23.5 Å². The third kappa shape index (κ3) is 4.31. The van der Waals surface area contributed by atoms with Crippen molar-refractivity contribution in [3.63, 3.8) is 0 Å². The van der Waals surface area contributed by atoms with Gasteiger partial charge in [-0.2, -0.15) is 0 Å². The first-order chi connectivity index (χ1) is 12.5. The van der Waals surface area contributed by atoms with Crippen molar-refractivity contribution in [2.75, 3.05) is 31.9 Å². The minimum absolute atomic E-state index is 0.0150. The Hall–Kier alpha value is -2.19. The number of carbonyl (C=O) groups is 2. The van der Waals surface area contributed by atoms with Crippen molar-refractivity contribution in [3.05, 3.63) is 52.7 Å². The van der Waals surface area contributed by atoms with Gasteiger partial charge in [-0.15, -0.1) is 11.3 Å². The number of amides is 2. The van der Waals surface area contributed by atoms with E-state index in [2.05, 4.69) is 0 Å². The van der Waals surface area contributed by atoms with Crippen molar-refractivity contribution in [1.29, 1.82) is 0 Å². The summed E-state index contributed by atoms with van der Waals surface area (Å²) in [5.41, 5.74) is 0. The molecule has 8 heteroatoms. The van der Waals surface area contributed by atoms with Crippen molar-refractivity contribution in [1.82, 2.24) is 9.80 Å². The Kier molecular flexibility index (Phi) is 5.73. The van der Waals surface area contributed by atoms with Gasteiger partial charge < -0.3 is 9.80 Å². The van der Waals surface area contributed by atoms with Gasteiger partial charge in [0.2, 0.25) is 5.91 Å². The first kappa shape index (κ1) is 18.6. The lowest BCUT2D eigenvalue weighted by Gasteiger charge is -2.34. The van der Waals surface area contributed by atoms with Crippen LogP contribution in [-0.2, 0) is 14.6 Å². The topological polar surface area (TPSA) is 74.8 Å². The van der Waals surface area contributed by atoms with Crippen LogP contribution >= 0.6 is 11.3 Å². The van der Waals surface area contributed by atoms with Crippen LogP contribution in [0.3, 0.4) is 0 Å². The zero-order valence-electron chi connectivity index (χ0n) is 14.2. The fourth-order valence-electron chi connectivity index (χ4n) is 2.84. The van der Waals surface area contributed by atoms with Gasteiger partial charge in [-0.25, -0.2) is 8.42 Å². The Morgan fingerprint density at radius 1 is 0.923 bits per heavy atom. The molecule has 0 bridgehead atoms. The van der Waals surface area contributed by atoms with Gasteiger partial charge in [0.25, 0.3) is 5.91 Å². The molecule has 1 aromatic carbocycles. The summed E-state index contributed by atoms with van der Waals surface area (Å²) >= 11 is 1.40. The maximum atomic E-state index is 12.3. The fraction of sp³-hybridized carbons (Fsp3) is 0.333. The summed E-state index contributed by atoms with van der Waals surface area (Å²) in [5.74, 6) is -0.407. The highest BCUT2D eigenvalue weighted by Crippen LogP contribution is 2.15. The SMILES string of the molecule is O=C(CCS(=O)(=O)c1ccccc1)N1CCN(C(=O)c2cccs2)CC1. The monoisotopic (exact) mass is 392 g/mol. The average molecular weight is 393 g/mol. The number of nitrogens with zero attached hydrogens (tertiary/aromatic N) is 2. The van der Waals surface area contributed by atoms with E-state index in [1.807, 2.05) is 11.4 Å². The average Bonchev–Trinajstić information content (AvgIpc) is 3.21. The van der Waals surface area contributed by atoms with E-state index < -0.39 is 9.84 Å². The number of piperazine rings is 1. The zero-order valence-corrected chi connectivity index (χ0v) is 15.8. The molecule has 0 saturated carbocycles. The Labute approximate surface area is 157 Å². The number of carbonyl (C=O) groups excluding carboxylic acids is 2. The highest BCUT2D eigenvalue weighted by Gasteiger charge is 2.26. The molecule has 26 heavy (non-hydrogen) atoms. The van der Waals surface area contributed by atoms with Crippen LogP contribution in [0.1, 0.15) is 16.1 Å². The lowest BCUT2D eigenvalue weighted by atomic mass is 10.2. The quantitative estimate of drug-likeness (QED) is 0.779. The molecular formula is C18H20N2O4S2. The van der Waals surface area contributed by atoms with Crippen LogP contribution in [0.5, 0.6) is 0 Å². The van der Waals surface area contributed by atoms with Crippen LogP contribution in [-0.4, -0.2) is 62.0 Å². The molecule has 1 saturated heterocycles. The molecule has 2 amide bonds. The summed E-state index contributed by atoms with van der Waals surface area (Å²) < 4.78 is 24.5. The van der Waals surface area contributed by atoms with Crippen molar-refractivity contribution in [3.8, 4) is 0 Å². The van der Waals surface area contributed by atoms with Crippen LogP contribution in [0.15, 0.2) is 52.7 Å². The lowest BCUT2D eigenvalue weighted by molar-refractivity contribution is -0.132. The number of hydrogen-bond acceptors (Lipinski definition) is 5. The number of rotatable bonds is 5. The van der Waals surface area contributed by atoms with Crippen LogP contribution < -0.4 is 0 Å². The third-order valence-electron chi connectivity index (χ3n) is 4.34. The lowest BCUT2D eigenvalue weighted by Crippen LogP contribution is -2.50. The first-order valence-corrected chi connectivity index (χ1v) is 10.9. The summed E-state index contributed by atoms with van der Waals surface area (Å²) in [6.07, 6.45) is -0.0455. The number of sulfone groups is 1. The maximum Gasteiger partial charge on any atom is 0.264 e. The van der Waals surface area contributed by atoms with E-state index in [1.54, 1.807) is 34.1 Å². The van der Waals surface area contributed by atoms with E-state index in [-0.39, 0.29) is 28.9 Å². The molecule has 1 aromatic heterocycles. The molecule has 0 atom stereocenters. The molecule has 0 N–H and O–H groups in total. The zero-order chi connectivity index (χ0) is 18.6. The largest absolute Gasteiger partial charge is 0.339 e. The molecule has 1 aliphatic heterocycles. The van der Waals surface area contributed by atoms with E-state index in [0.717, 1.165) is 0 Å². The van der Waals surface area contributed by atoms with Gasteiger partial charge in [-0.1, -0.05) is 24.3 Å². The maximum absolute atomic E-state index is 12.3. The van der Waals surface area contributed by atoms with E-state index >= 15 is 0 Å². The molecule has 2 heterocycles. The normalized spacial score (nSPS) is 15.1. The first-order valence-electron chi connectivity index (χ1n) is 8.36. The van der Waals surface area contributed by atoms with E-state index in [9.17, 15) is 18.0 Å². The fourth-order valence-corrected chi connectivity index (χ4v) is 4.78. The predicted molar refractivity (Wildman–Crippen MR) is 99.9 cm³/mol. The molecule has 1 fully saturated rings. The molecule has 0 spiro atoms. The predicted octanol–water partition coefficient (Wildman–Crippen LogP) is 1.90. The van der Waals surface area contributed by atoms with Crippen molar-refractivity contribution >= 4 is 33.0 Å². The molecule has 1 aliphatic rings. The van der Waals surface area contributed by atoms with Crippen molar-refractivity contribution in [2.45, 2.75) is 11.3 Å². The van der Waals surface area contributed by atoms with Gasteiger partial charge in [0, 0.05) is 32.6 Å². The molecule has 2 aromatic rings. The third-order valence-corrected chi connectivity index (χ3v) is 6.93. The van der Waals surface area contributed by atoms with Gasteiger partial charge in [0.1, 0.15) is 0 Å². The summed E-state index contributed by atoms with van der Waals surface area (Å²) in [6, 6.07) is 11.8. The Balaban J connectivity index is 1.50. The molecule has 0 unspecified atom stereocenters. The standard InChI is InChI=1S/C18H20N2O4S2/c21-17(8-14-26(23,24)15-5-2-1-3-6-15)19-9-11-20(12-10-19)18(22)16-7-4-13-25-16/h1-7,13H,8-12,14H2. The van der Waals surface area contributed by atoms with Gasteiger partial charge >= 0.3 is 0 Å². The molecule has 138 valence electrons. The van der Waals surface area contributed by atoms with E-state index in [4.69, 9.17) is 0 Å². The number of thiophene rings is 1. The smallest absolute Gasteiger partial charge is 0.264 e.